The Morgan fingerprint density at radius 1 is 1.33 bits per heavy atom. The molecule has 0 N–H and O–H groups in total. The smallest absolute Gasteiger partial charge is 0.232 e. The normalized spacial score (nSPS) is 15.0. The zero-order valence-electron chi connectivity index (χ0n) is 8.10. The van der Waals surface area contributed by atoms with Crippen LogP contribution in [0.1, 0.15) is 5.56 Å². The first kappa shape index (κ1) is 9.96. The fraction of sp³-hybridized carbons (Fsp3) is 0.200. The Bertz CT molecular complexity index is 556. The molecule has 1 aliphatic heterocycles. The minimum atomic E-state index is -3.44. The maximum atomic E-state index is 11.5. The van der Waals surface area contributed by atoms with E-state index in [4.69, 9.17) is 0 Å². The summed E-state index contributed by atoms with van der Waals surface area (Å²) in [7, 11) is -3.44. The van der Waals surface area contributed by atoms with Crippen LogP contribution in [0.15, 0.2) is 30.0 Å². The average molecular weight is 223 g/mol. The predicted octanol–water partition coefficient (Wildman–Crippen LogP) is 0.724. The second-order valence-corrected chi connectivity index (χ2v) is 5.21. The minimum absolute atomic E-state index is 0.152. The van der Waals surface area contributed by atoms with Crippen molar-refractivity contribution in [3.63, 3.8) is 0 Å². The number of rotatable bonds is 1. The quantitative estimate of drug-likeness (QED) is 0.659. The summed E-state index contributed by atoms with van der Waals surface area (Å²) >= 11 is 0. The number of nitrogens with zero attached hydrogens (tertiary/aromatic N) is 1. The average Bonchev–Trinajstić information content (AvgIpc) is 2.54. The first-order chi connectivity index (χ1) is 7.04. The van der Waals surface area contributed by atoms with E-state index in [0.717, 1.165) is 16.1 Å². The van der Waals surface area contributed by atoms with Gasteiger partial charge in [0.25, 0.3) is 0 Å². The Morgan fingerprint density at radius 3 is 2.60 bits per heavy atom. The Kier molecular flexibility index (Phi) is 2.14. The Labute approximate surface area is 87.9 Å². The van der Waals surface area contributed by atoms with E-state index in [0.29, 0.717) is 12.1 Å². The molecule has 0 radical (unpaired) electrons. The molecule has 1 aromatic carbocycles. The molecule has 0 saturated carbocycles. The molecule has 0 aliphatic carbocycles. The number of allylic oxidation sites excluding steroid dienone is 1. The third-order valence-electron chi connectivity index (χ3n) is 2.26. The molecule has 15 heavy (non-hydrogen) atoms. The monoisotopic (exact) mass is 223 g/mol. The van der Waals surface area contributed by atoms with E-state index in [1.54, 1.807) is 24.1 Å². The maximum Gasteiger partial charge on any atom is 0.236 e. The summed E-state index contributed by atoms with van der Waals surface area (Å²) in [4.78, 5) is 10.7. The standard InChI is InChI=1S/C10H9NO3S/c1-15(13,14)11-9(7-12)6-8-4-2-3-5-10(8)11/h2-5H,6H2,1H3. The van der Waals surface area contributed by atoms with E-state index in [9.17, 15) is 13.2 Å². The molecule has 1 aliphatic rings. The summed E-state index contributed by atoms with van der Waals surface area (Å²) in [5.41, 5.74) is 1.54. The third kappa shape index (κ3) is 1.56. The number of hydrogen-bond donors (Lipinski definition) is 0. The molecule has 1 aromatic rings. The van der Waals surface area contributed by atoms with Crippen LogP contribution in [0.4, 0.5) is 5.69 Å². The van der Waals surface area contributed by atoms with Crippen molar-refractivity contribution >= 4 is 21.7 Å². The molecule has 0 aromatic heterocycles. The molecule has 4 nitrogen and oxygen atoms in total. The zero-order chi connectivity index (χ0) is 11.1. The van der Waals surface area contributed by atoms with Gasteiger partial charge in [-0.15, -0.1) is 0 Å². The van der Waals surface area contributed by atoms with Crippen molar-refractivity contribution in [2.24, 2.45) is 0 Å². The highest BCUT2D eigenvalue weighted by atomic mass is 32.2. The number of carbonyl (C=O) groups excluding carboxylic acids is 1. The summed E-state index contributed by atoms with van der Waals surface area (Å²) in [6, 6.07) is 7.04. The number of benzene rings is 1. The lowest BCUT2D eigenvalue weighted by molar-refractivity contribution is 0.565. The van der Waals surface area contributed by atoms with Crippen LogP contribution in [0.25, 0.3) is 0 Å². The van der Waals surface area contributed by atoms with Crippen molar-refractivity contribution in [1.82, 2.24) is 0 Å². The van der Waals surface area contributed by atoms with E-state index in [1.807, 2.05) is 6.07 Å². The minimum Gasteiger partial charge on any atom is -0.232 e. The molecule has 1 heterocycles. The molecule has 0 spiro atoms. The highest BCUT2D eigenvalue weighted by molar-refractivity contribution is 7.92. The van der Waals surface area contributed by atoms with Crippen molar-refractivity contribution in [2.45, 2.75) is 6.42 Å². The van der Waals surface area contributed by atoms with E-state index in [-0.39, 0.29) is 5.70 Å². The van der Waals surface area contributed by atoms with Gasteiger partial charge in [-0.25, -0.2) is 17.5 Å². The number of hydrogen-bond acceptors (Lipinski definition) is 3. The van der Waals surface area contributed by atoms with Gasteiger partial charge in [-0.1, -0.05) is 18.2 Å². The molecular formula is C10H9NO3S. The van der Waals surface area contributed by atoms with Crippen LogP contribution < -0.4 is 4.31 Å². The summed E-state index contributed by atoms with van der Waals surface area (Å²) < 4.78 is 24.0. The van der Waals surface area contributed by atoms with Crippen molar-refractivity contribution < 1.29 is 13.2 Å². The fourth-order valence-electron chi connectivity index (χ4n) is 1.71. The lowest BCUT2D eigenvalue weighted by atomic mass is 10.2. The molecular weight excluding hydrogens is 214 g/mol. The number of fused-ring (bicyclic) bond motifs is 1. The second kappa shape index (κ2) is 3.22. The van der Waals surface area contributed by atoms with Gasteiger partial charge in [0.2, 0.25) is 10.0 Å². The van der Waals surface area contributed by atoms with Gasteiger partial charge in [-0.05, 0) is 11.6 Å². The third-order valence-corrected chi connectivity index (χ3v) is 3.34. The molecule has 5 heteroatoms. The highest BCUT2D eigenvalue weighted by Gasteiger charge is 2.31. The maximum absolute atomic E-state index is 11.5. The summed E-state index contributed by atoms with van der Waals surface area (Å²) in [5.74, 6) is 1.68. The number of anilines is 1. The van der Waals surface area contributed by atoms with Crippen molar-refractivity contribution in [3.8, 4) is 0 Å². The van der Waals surface area contributed by atoms with Crippen LogP contribution in [-0.2, 0) is 21.2 Å². The van der Waals surface area contributed by atoms with Crippen molar-refractivity contribution in [2.75, 3.05) is 10.6 Å². The lowest BCUT2D eigenvalue weighted by Crippen LogP contribution is -2.26. The van der Waals surface area contributed by atoms with Gasteiger partial charge in [-0.3, -0.25) is 0 Å². The number of para-hydroxylation sites is 1. The highest BCUT2D eigenvalue weighted by Crippen LogP contribution is 2.34. The van der Waals surface area contributed by atoms with Crippen LogP contribution in [0.3, 0.4) is 0 Å². The van der Waals surface area contributed by atoms with E-state index < -0.39 is 10.0 Å². The van der Waals surface area contributed by atoms with Gasteiger partial charge in [0.1, 0.15) is 11.6 Å². The predicted molar refractivity (Wildman–Crippen MR) is 56.7 cm³/mol. The summed E-state index contributed by atoms with van der Waals surface area (Å²) in [6.45, 7) is 0. The molecule has 2 rings (SSSR count). The van der Waals surface area contributed by atoms with Gasteiger partial charge in [0.15, 0.2) is 0 Å². The molecule has 0 atom stereocenters. The Balaban J connectivity index is 2.68. The SMILES string of the molecule is CS(=O)(=O)N1C(=C=O)Cc2ccccc21. The van der Waals surface area contributed by atoms with Gasteiger partial charge < -0.3 is 0 Å². The van der Waals surface area contributed by atoms with Crippen LogP contribution in [-0.4, -0.2) is 20.6 Å². The van der Waals surface area contributed by atoms with E-state index in [1.165, 1.54) is 0 Å². The van der Waals surface area contributed by atoms with E-state index >= 15 is 0 Å². The molecule has 0 unspecified atom stereocenters. The van der Waals surface area contributed by atoms with Gasteiger partial charge in [0, 0.05) is 6.42 Å². The molecule has 0 fully saturated rings. The van der Waals surface area contributed by atoms with Gasteiger partial charge in [0.05, 0.1) is 11.9 Å². The molecule has 0 bridgehead atoms. The Hall–Kier alpha value is -1.58. The topological polar surface area (TPSA) is 54.5 Å². The van der Waals surface area contributed by atoms with Crippen LogP contribution >= 0.6 is 0 Å². The number of sulfonamides is 1. The molecule has 78 valence electrons. The van der Waals surface area contributed by atoms with Crippen LogP contribution in [0.2, 0.25) is 0 Å². The Morgan fingerprint density at radius 2 is 2.00 bits per heavy atom. The van der Waals surface area contributed by atoms with Crippen LogP contribution in [0.5, 0.6) is 0 Å². The fourth-order valence-corrected chi connectivity index (χ4v) is 2.75. The van der Waals surface area contributed by atoms with Gasteiger partial charge in [-0.2, -0.15) is 0 Å². The van der Waals surface area contributed by atoms with Crippen molar-refractivity contribution in [1.29, 1.82) is 0 Å². The first-order valence-electron chi connectivity index (χ1n) is 4.36. The zero-order valence-corrected chi connectivity index (χ0v) is 8.91. The van der Waals surface area contributed by atoms with Crippen molar-refractivity contribution in [3.05, 3.63) is 35.5 Å². The van der Waals surface area contributed by atoms with E-state index in [2.05, 4.69) is 0 Å². The summed E-state index contributed by atoms with van der Waals surface area (Å²) in [6.07, 6.45) is 1.40. The largest absolute Gasteiger partial charge is 0.236 e. The first-order valence-corrected chi connectivity index (χ1v) is 6.21. The molecule has 0 amide bonds. The van der Waals surface area contributed by atoms with Crippen LogP contribution in [0, 0.1) is 0 Å². The lowest BCUT2D eigenvalue weighted by Gasteiger charge is -2.15. The molecule has 0 saturated heterocycles. The second-order valence-electron chi connectivity index (χ2n) is 3.38. The summed E-state index contributed by atoms with van der Waals surface area (Å²) in [5, 5.41) is 0. The van der Waals surface area contributed by atoms with Gasteiger partial charge >= 0.3 is 0 Å².